The third-order valence-corrected chi connectivity index (χ3v) is 8.24. The highest BCUT2D eigenvalue weighted by atomic mass is 79.9. The molecule has 40 heavy (non-hydrogen) atoms. The Kier molecular flexibility index (Phi) is 9.24. The summed E-state index contributed by atoms with van der Waals surface area (Å²) in [5.41, 5.74) is 3.04. The van der Waals surface area contributed by atoms with Crippen molar-refractivity contribution in [3.63, 3.8) is 0 Å². The molecule has 5 rings (SSSR count). The molecule has 0 saturated carbocycles. The Morgan fingerprint density at radius 3 is 2.33 bits per heavy atom. The summed E-state index contributed by atoms with van der Waals surface area (Å²) in [6, 6.07) is 19.9. The number of carbonyl (C=O) groups excluding carboxylic acids is 2. The van der Waals surface area contributed by atoms with Gasteiger partial charge >= 0.3 is 11.8 Å². The number of piperazine rings is 1. The fourth-order valence-corrected chi connectivity index (χ4v) is 5.93. The molecular weight excluding hydrogens is 578 g/mol. The zero-order valence-corrected chi connectivity index (χ0v) is 23.9. The van der Waals surface area contributed by atoms with E-state index in [0.29, 0.717) is 31.6 Å². The summed E-state index contributed by atoms with van der Waals surface area (Å²) in [6.07, 6.45) is 1.51. The molecule has 9 heteroatoms. The van der Waals surface area contributed by atoms with Crippen molar-refractivity contribution in [3.8, 4) is 0 Å². The van der Waals surface area contributed by atoms with Crippen LogP contribution in [0.5, 0.6) is 0 Å². The van der Waals surface area contributed by atoms with Crippen LogP contribution >= 0.6 is 15.9 Å². The van der Waals surface area contributed by atoms with E-state index in [2.05, 4.69) is 55.3 Å². The molecule has 0 aliphatic carbocycles. The Labute approximate surface area is 242 Å². The lowest BCUT2D eigenvalue weighted by Gasteiger charge is -2.35. The van der Waals surface area contributed by atoms with Crippen LogP contribution in [0.2, 0.25) is 0 Å². The summed E-state index contributed by atoms with van der Waals surface area (Å²) in [5, 5.41) is 2.83. The molecular formula is C31H33BrF2N4O2. The first kappa shape index (κ1) is 28.4. The average molecular weight is 612 g/mol. The normalized spacial score (nSPS) is 18.2. The zero-order valence-electron chi connectivity index (χ0n) is 22.3. The molecule has 1 unspecified atom stereocenters. The van der Waals surface area contributed by atoms with E-state index in [1.807, 2.05) is 24.3 Å². The molecule has 2 saturated heterocycles. The van der Waals surface area contributed by atoms with Crippen LogP contribution in [0.3, 0.4) is 0 Å². The van der Waals surface area contributed by atoms with Gasteiger partial charge in [0.2, 0.25) is 0 Å². The van der Waals surface area contributed by atoms with Gasteiger partial charge < -0.3 is 10.2 Å². The monoisotopic (exact) mass is 610 g/mol. The summed E-state index contributed by atoms with van der Waals surface area (Å²) in [6.45, 7) is 5.71. The minimum atomic E-state index is -0.911. The van der Waals surface area contributed by atoms with Gasteiger partial charge in [0.25, 0.3) is 0 Å². The number of rotatable bonds is 7. The van der Waals surface area contributed by atoms with Crippen molar-refractivity contribution in [2.24, 2.45) is 0 Å². The van der Waals surface area contributed by atoms with Crippen LogP contribution in [-0.2, 0) is 29.1 Å². The van der Waals surface area contributed by atoms with Gasteiger partial charge in [0.15, 0.2) is 11.6 Å². The SMILES string of the molecule is O=C(Nc1cc(Br)ccc1CN1CCN(Cc2ccccc2)CC1)C(=O)N1CCCC1Cc1cccc(F)c1F. The van der Waals surface area contributed by atoms with E-state index in [4.69, 9.17) is 0 Å². The number of anilines is 1. The molecule has 0 aromatic heterocycles. The van der Waals surface area contributed by atoms with E-state index in [9.17, 15) is 18.4 Å². The lowest BCUT2D eigenvalue weighted by Crippen LogP contribution is -2.45. The van der Waals surface area contributed by atoms with E-state index in [0.717, 1.165) is 48.8 Å². The number of halogens is 3. The van der Waals surface area contributed by atoms with Crippen LogP contribution in [-0.4, -0.2) is 65.3 Å². The summed E-state index contributed by atoms with van der Waals surface area (Å²) in [7, 11) is 0. The Bertz CT molecular complexity index is 1350. The maximum absolute atomic E-state index is 14.3. The minimum Gasteiger partial charge on any atom is -0.331 e. The molecule has 3 aromatic carbocycles. The van der Waals surface area contributed by atoms with Crippen molar-refractivity contribution in [2.45, 2.75) is 38.4 Å². The van der Waals surface area contributed by atoms with E-state index >= 15 is 0 Å². The molecule has 2 heterocycles. The summed E-state index contributed by atoms with van der Waals surface area (Å²) in [5.74, 6) is -3.18. The number of amides is 2. The Morgan fingerprint density at radius 2 is 1.57 bits per heavy atom. The molecule has 2 aliphatic rings. The van der Waals surface area contributed by atoms with Gasteiger partial charge in [-0.1, -0.05) is 64.5 Å². The topological polar surface area (TPSA) is 55.9 Å². The van der Waals surface area contributed by atoms with E-state index in [1.165, 1.54) is 22.6 Å². The van der Waals surface area contributed by atoms with Crippen molar-refractivity contribution < 1.29 is 18.4 Å². The van der Waals surface area contributed by atoms with Crippen LogP contribution in [0.25, 0.3) is 0 Å². The first-order valence-electron chi connectivity index (χ1n) is 13.7. The third-order valence-electron chi connectivity index (χ3n) is 7.75. The molecule has 6 nitrogen and oxygen atoms in total. The van der Waals surface area contributed by atoms with Gasteiger partial charge in [0, 0.05) is 62.0 Å². The molecule has 0 spiro atoms. The molecule has 3 aromatic rings. The first-order valence-corrected chi connectivity index (χ1v) is 14.5. The Balaban J connectivity index is 1.20. The fraction of sp³-hybridized carbons (Fsp3) is 0.355. The smallest absolute Gasteiger partial charge is 0.313 e. The Hall–Kier alpha value is -3.14. The number of nitrogens with zero attached hydrogens (tertiary/aromatic N) is 3. The highest BCUT2D eigenvalue weighted by Gasteiger charge is 2.33. The van der Waals surface area contributed by atoms with E-state index < -0.39 is 23.4 Å². The first-order chi connectivity index (χ1) is 19.4. The number of hydrogen-bond donors (Lipinski definition) is 1. The van der Waals surface area contributed by atoms with Crippen LogP contribution in [0.4, 0.5) is 14.5 Å². The third kappa shape index (κ3) is 6.95. The summed E-state index contributed by atoms with van der Waals surface area (Å²) < 4.78 is 28.7. The predicted octanol–water partition coefficient (Wildman–Crippen LogP) is 5.22. The summed E-state index contributed by atoms with van der Waals surface area (Å²) >= 11 is 3.48. The minimum absolute atomic E-state index is 0.168. The highest BCUT2D eigenvalue weighted by Crippen LogP contribution is 2.26. The summed E-state index contributed by atoms with van der Waals surface area (Å²) in [4.78, 5) is 32.6. The maximum Gasteiger partial charge on any atom is 0.313 e. The van der Waals surface area contributed by atoms with Gasteiger partial charge in [0.05, 0.1) is 0 Å². The maximum atomic E-state index is 14.3. The molecule has 2 aliphatic heterocycles. The number of benzene rings is 3. The number of likely N-dealkylation sites (tertiary alicyclic amines) is 1. The zero-order chi connectivity index (χ0) is 28.1. The van der Waals surface area contributed by atoms with Gasteiger partial charge in [0.1, 0.15) is 0 Å². The molecule has 210 valence electrons. The standard InChI is InChI=1S/C31H33BrF2N4O2/c32-25-12-11-24(21-37-16-14-36(15-17-37)20-22-6-2-1-3-7-22)28(19-25)35-30(39)31(40)38-13-5-9-26(38)18-23-8-4-10-27(33)29(23)34/h1-4,6-8,10-12,19,26H,5,9,13-18,20-21H2,(H,35,39). The van der Waals surface area contributed by atoms with E-state index in [-0.39, 0.29) is 18.0 Å². The molecule has 2 amide bonds. The highest BCUT2D eigenvalue weighted by molar-refractivity contribution is 9.10. The second-order valence-corrected chi connectivity index (χ2v) is 11.4. The van der Waals surface area contributed by atoms with Gasteiger partial charge in [-0.3, -0.25) is 19.4 Å². The van der Waals surface area contributed by atoms with Crippen molar-refractivity contribution >= 4 is 33.4 Å². The van der Waals surface area contributed by atoms with Gasteiger partial charge in [-0.05, 0) is 54.2 Å². The fourth-order valence-electron chi connectivity index (χ4n) is 5.57. The molecule has 2 fully saturated rings. The number of hydrogen-bond acceptors (Lipinski definition) is 4. The second-order valence-electron chi connectivity index (χ2n) is 10.5. The molecule has 0 bridgehead atoms. The molecule has 1 atom stereocenters. The predicted molar refractivity (Wildman–Crippen MR) is 155 cm³/mol. The van der Waals surface area contributed by atoms with Crippen LogP contribution in [0.15, 0.2) is 71.2 Å². The lowest BCUT2D eigenvalue weighted by molar-refractivity contribution is -0.143. The van der Waals surface area contributed by atoms with Crippen molar-refractivity contribution in [1.29, 1.82) is 0 Å². The van der Waals surface area contributed by atoms with Crippen molar-refractivity contribution in [1.82, 2.24) is 14.7 Å². The van der Waals surface area contributed by atoms with Gasteiger partial charge in [-0.2, -0.15) is 0 Å². The Morgan fingerprint density at radius 1 is 0.850 bits per heavy atom. The van der Waals surface area contributed by atoms with Crippen LogP contribution in [0, 0.1) is 11.6 Å². The van der Waals surface area contributed by atoms with E-state index in [1.54, 1.807) is 0 Å². The average Bonchev–Trinajstić information content (AvgIpc) is 3.42. The molecule has 1 N–H and O–H groups in total. The lowest BCUT2D eigenvalue weighted by atomic mass is 10.0. The quantitative estimate of drug-likeness (QED) is 0.373. The second kappa shape index (κ2) is 13.0. The van der Waals surface area contributed by atoms with Crippen molar-refractivity contribution in [3.05, 3.63) is 99.5 Å². The number of carbonyl (C=O) groups is 2. The largest absolute Gasteiger partial charge is 0.331 e. The van der Waals surface area contributed by atoms with Gasteiger partial charge in [-0.25, -0.2) is 8.78 Å². The van der Waals surface area contributed by atoms with Crippen molar-refractivity contribution in [2.75, 3.05) is 38.0 Å². The molecule has 0 radical (unpaired) electrons. The van der Waals surface area contributed by atoms with Gasteiger partial charge in [-0.15, -0.1) is 0 Å². The van der Waals surface area contributed by atoms with Crippen LogP contribution < -0.4 is 5.32 Å². The van der Waals surface area contributed by atoms with Crippen LogP contribution in [0.1, 0.15) is 29.5 Å². The number of nitrogens with one attached hydrogen (secondary N) is 1.